The molecule has 0 spiro atoms. The second-order valence-corrected chi connectivity index (χ2v) is 4.98. The maximum Gasteiger partial charge on any atom is 0.0591 e. The molecule has 0 fully saturated rings. The lowest BCUT2D eigenvalue weighted by molar-refractivity contribution is 0.110. The Hall–Kier alpha value is -0.380. The van der Waals surface area contributed by atoms with E-state index in [1.807, 2.05) is 0 Å². The maximum atomic E-state index is 5.50. The smallest absolute Gasteiger partial charge is 0.0591 e. The normalized spacial score (nSPS) is 13.3. The van der Waals surface area contributed by atoms with Gasteiger partial charge in [-0.1, -0.05) is 13.8 Å². The van der Waals surface area contributed by atoms with Crippen molar-refractivity contribution in [3.05, 3.63) is 22.4 Å². The highest BCUT2D eigenvalue weighted by atomic mass is 32.1. The molecule has 0 unspecified atom stereocenters. The molecular formula is C12H21NOS. The first-order valence-corrected chi connectivity index (χ1v) is 6.47. The van der Waals surface area contributed by atoms with E-state index in [4.69, 9.17) is 4.74 Å². The van der Waals surface area contributed by atoms with Crippen LogP contribution in [0, 0.1) is 5.92 Å². The largest absolute Gasteiger partial charge is 0.380 e. The van der Waals surface area contributed by atoms with Gasteiger partial charge in [0.25, 0.3) is 0 Å². The molecule has 0 aromatic carbocycles. The van der Waals surface area contributed by atoms with Gasteiger partial charge in [-0.3, -0.25) is 0 Å². The van der Waals surface area contributed by atoms with Gasteiger partial charge in [0.2, 0.25) is 0 Å². The highest BCUT2D eigenvalue weighted by Gasteiger charge is 2.03. The molecule has 0 saturated carbocycles. The van der Waals surface area contributed by atoms with Crippen molar-refractivity contribution in [2.24, 2.45) is 5.92 Å². The highest BCUT2D eigenvalue weighted by molar-refractivity contribution is 7.07. The maximum absolute atomic E-state index is 5.50. The van der Waals surface area contributed by atoms with E-state index in [1.54, 1.807) is 11.3 Å². The first-order chi connectivity index (χ1) is 7.20. The van der Waals surface area contributed by atoms with Crippen molar-refractivity contribution in [1.82, 2.24) is 5.32 Å². The molecule has 0 saturated heterocycles. The van der Waals surface area contributed by atoms with Crippen molar-refractivity contribution < 1.29 is 4.74 Å². The number of hydrogen-bond acceptors (Lipinski definition) is 3. The van der Waals surface area contributed by atoms with Crippen LogP contribution in [0.15, 0.2) is 16.8 Å². The minimum Gasteiger partial charge on any atom is -0.380 e. The fourth-order valence-electron chi connectivity index (χ4n) is 1.31. The second kappa shape index (κ2) is 6.99. The van der Waals surface area contributed by atoms with Crippen LogP contribution in [-0.4, -0.2) is 19.8 Å². The molecule has 86 valence electrons. The third-order valence-electron chi connectivity index (χ3n) is 2.19. The summed E-state index contributed by atoms with van der Waals surface area (Å²) in [4.78, 5) is 0. The highest BCUT2D eigenvalue weighted by Crippen LogP contribution is 2.14. The van der Waals surface area contributed by atoms with Gasteiger partial charge >= 0.3 is 0 Å². The first-order valence-electron chi connectivity index (χ1n) is 5.53. The Kier molecular flexibility index (Phi) is 5.91. The number of hydrogen-bond donors (Lipinski definition) is 1. The number of rotatable bonds is 7. The van der Waals surface area contributed by atoms with Crippen molar-refractivity contribution in [2.75, 3.05) is 19.8 Å². The van der Waals surface area contributed by atoms with Crippen LogP contribution in [0.5, 0.6) is 0 Å². The molecule has 1 atom stereocenters. The average molecular weight is 227 g/mol. The lowest BCUT2D eigenvalue weighted by atomic mass is 10.2. The van der Waals surface area contributed by atoms with Gasteiger partial charge in [-0.2, -0.15) is 11.3 Å². The van der Waals surface area contributed by atoms with Gasteiger partial charge in [-0.05, 0) is 35.2 Å². The monoisotopic (exact) mass is 227 g/mol. The average Bonchev–Trinajstić information content (AvgIpc) is 2.69. The van der Waals surface area contributed by atoms with Crippen molar-refractivity contribution in [2.45, 2.75) is 26.8 Å². The number of ether oxygens (including phenoxy) is 1. The zero-order chi connectivity index (χ0) is 11.1. The molecule has 2 nitrogen and oxygen atoms in total. The summed E-state index contributed by atoms with van der Waals surface area (Å²) in [6, 6.07) is 2.59. The summed E-state index contributed by atoms with van der Waals surface area (Å²) in [5.41, 5.74) is 1.36. The predicted octanol–water partition coefficient (Wildman–Crippen LogP) is 3.07. The second-order valence-electron chi connectivity index (χ2n) is 4.20. The molecule has 0 aliphatic rings. The third kappa shape index (κ3) is 5.30. The van der Waals surface area contributed by atoms with Gasteiger partial charge in [-0.25, -0.2) is 0 Å². The van der Waals surface area contributed by atoms with E-state index in [-0.39, 0.29) is 0 Å². The molecule has 3 heteroatoms. The molecule has 1 N–H and O–H groups in total. The van der Waals surface area contributed by atoms with E-state index >= 15 is 0 Å². The van der Waals surface area contributed by atoms with Crippen LogP contribution in [-0.2, 0) is 4.74 Å². The summed E-state index contributed by atoms with van der Waals surface area (Å²) < 4.78 is 5.50. The van der Waals surface area contributed by atoms with E-state index < -0.39 is 0 Å². The summed E-state index contributed by atoms with van der Waals surface area (Å²) in [6.07, 6.45) is 0. The quantitative estimate of drug-likeness (QED) is 0.723. The van der Waals surface area contributed by atoms with Crippen molar-refractivity contribution in [1.29, 1.82) is 0 Å². The zero-order valence-electron chi connectivity index (χ0n) is 9.82. The van der Waals surface area contributed by atoms with Crippen LogP contribution in [0.1, 0.15) is 32.4 Å². The van der Waals surface area contributed by atoms with E-state index in [0.29, 0.717) is 12.0 Å². The lowest BCUT2D eigenvalue weighted by Gasteiger charge is -2.13. The standard InChI is InChI=1S/C12H21NOS/c1-10(2)8-14-6-5-13-11(3)12-4-7-15-9-12/h4,7,9-11,13H,5-6,8H2,1-3H3/t11-/m1/s1. The Bertz CT molecular complexity index is 246. The van der Waals surface area contributed by atoms with E-state index in [1.165, 1.54) is 5.56 Å². The van der Waals surface area contributed by atoms with E-state index in [9.17, 15) is 0 Å². The molecule has 1 rings (SSSR count). The minimum atomic E-state index is 0.430. The van der Waals surface area contributed by atoms with Crippen LogP contribution in [0.2, 0.25) is 0 Å². The van der Waals surface area contributed by atoms with Crippen molar-refractivity contribution in [3.63, 3.8) is 0 Å². The van der Waals surface area contributed by atoms with Crippen LogP contribution < -0.4 is 5.32 Å². The van der Waals surface area contributed by atoms with E-state index in [2.05, 4.69) is 42.9 Å². The molecule has 1 heterocycles. The third-order valence-corrected chi connectivity index (χ3v) is 2.89. The molecule has 0 bridgehead atoms. The predicted molar refractivity (Wildman–Crippen MR) is 66.4 cm³/mol. The van der Waals surface area contributed by atoms with Crippen LogP contribution in [0.4, 0.5) is 0 Å². The summed E-state index contributed by atoms with van der Waals surface area (Å²) >= 11 is 1.74. The van der Waals surface area contributed by atoms with Gasteiger partial charge in [0.05, 0.1) is 6.61 Å². The summed E-state index contributed by atoms with van der Waals surface area (Å²) in [6.45, 7) is 9.10. The van der Waals surface area contributed by atoms with Gasteiger partial charge in [0.1, 0.15) is 0 Å². The molecular weight excluding hydrogens is 206 g/mol. The Morgan fingerprint density at radius 3 is 2.80 bits per heavy atom. The van der Waals surface area contributed by atoms with Crippen LogP contribution in [0.25, 0.3) is 0 Å². The van der Waals surface area contributed by atoms with Gasteiger partial charge in [0, 0.05) is 19.2 Å². The SMILES string of the molecule is CC(C)COCCN[C@H](C)c1ccsc1. The summed E-state index contributed by atoms with van der Waals surface area (Å²) in [5.74, 6) is 0.624. The van der Waals surface area contributed by atoms with Crippen molar-refractivity contribution in [3.8, 4) is 0 Å². The summed E-state index contributed by atoms with van der Waals surface area (Å²) in [5, 5.41) is 7.74. The Labute approximate surface area is 96.7 Å². The molecule has 1 aromatic heterocycles. The van der Waals surface area contributed by atoms with Crippen LogP contribution >= 0.6 is 11.3 Å². The Morgan fingerprint density at radius 2 is 2.20 bits per heavy atom. The number of thiophene rings is 1. The van der Waals surface area contributed by atoms with Gasteiger partial charge in [-0.15, -0.1) is 0 Å². The molecule has 0 radical (unpaired) electrons. The molecule has 0 aliphatic carbocycles. The van der Waals surface area contributed by atoms with Crippen LogP contribution in [0.3, 0.4) is 0 Å². The number of nitrogens with one attached hydrogen (secondary N) is 1. The van der Waals surface area contributed by atoms with E-state index in [0.717, 1.165) is 19.8 Å². The van der Waals surface area contributed by atoms with Crippen molar-refractivity contribution >= 4 is 11.3 Å². The topological polar surface area (TPSA) is 21.3 Å². The lowest BCUT2D eigenvalue weighted by Crippen LogP contribution is -2.23. The first kappa shape index (κ1) is 12.7. The fourth-order valence-corrected chi connectivity index (χ4v) is 2.06. The molecule has 0 amide bonds. The summed E-state index contributed by atoms with van der Waals surface area (Å²) in [7, 11) is 0. The molecule has 0 aliphatic heterocycles. The minimum absolute atomic E-state index is 0.430. The Balaban J connectivity index is 2.05. The van der Waals surface area contributed by atoms with Gasteiger partial charge in [0.15, 0.2) is 0 Å². The molecule has 1 aromatic rings. The molecule has 15 heavy (non-hydrogen) atoms. The van der Waals surface area contributed by atoms with Gasteiger partial charge < -0.3 is 10.1 Å². The zero-order valence-corrected chi connectivity index (χ0v) is 10.6. The Morgan fingerprint density at radius 1 is 1.40 bits per heavy atom. The fraction of sp³-hybridized carbons (Fsp3) is 0.667.